The minimum atomic E-state index is -0.761. The van der Waals surface area contributed by atoms with Gasteiger partial charge >= 0.3 is 0 Å². The minimum absolute atomic E-state index is 0.0247. The van der Waals surface area contributed by atoms with E-state index in [1.807, 2.05) is 47.2 Å². The number of hydrogen-bond donors (Lipinski definition) is 1. The van der Waals surface area contributed by atoms with Gasteiger partial charge < -0.3 is 5.11 Å². The first-order valence-electron chi connectivity index (χ1n) is 9.13. The van der Waals surface area contributed by atoms with Gasteiger partial charge in [0, 0.05) is 10.4 Å². The van der Waals surface area contributed by atoms with Crippen LogP contribution in [0.5, 0.6) is 0 Å². The summed E-state index contributed by atoms with van der Waals surface area (Å²) in [6.07, 6.45) is 4.95. The van der Waals surface area contributed by atoms with Crippen molar-refractivity contribution in [2.24, 2.45) is 0 Å². The highest BCUT2D eigenvalue weighted by Gasteiger charge is 2.22. The Morgan fingerprint density at radius 1 is 1.00 bits per heavy atom. The molecule has 0 saturated carbocycles. The van der Waals surface area contributed by atoms with E-state index in [9.17, 15) is 9.90 Å². The molecule has 1 atom stereocenters. The van der Waals surface area contributed by atoms with Gasteiger partial charge in [-0.05, 0) is 46.9 Å². The zero-order valence-corrected chi connectivity index (χ0v) is 16.6. The molecule has 2 nitrogen and oxygen atoms in total. The number of ketones is 1. The molecule has 0 aliphatic carbocycles. The third-order valence-corrected chi connectivity index (χ3v) is 6.45. The SMILES string of the molecule is CCCCCCc1ccsc1C(=O)c1ccccc1C(O)c1cccs1. The largest absolute Gasteiger partial charge is 0.383 e. The molecular formula is C22H24O2S2. The molecule has 0 amide bonds. The van der Waals surface area contributed by atoms with Gasteiger partial charge in [0.05, 0.1) is 4.88 Å². The Kier molecular flexibility index (Phi) is 6.78. The van der Waals surface area contributed by atoms with E-state index in [4.69, 9.17) is 0 Å². The summed E-state index contributed by atoms with van der Waals surface area (Å²) in [4.78, 5) is 14.9. The molecule has 2 aromatic heterocycles. The van der Waals surface area contributed by atoms with Gasteiger partial charge in [-0.1, -0.05) is 56.5 Å². The molecule has 0 radical (unpaired) electrons. The van der Waals surface area contributed by atoms with Gasteiger partial charge in [0.1, 0.15) is 6.10 Å². The number of hydrogen-bond acceptors (Lipinski definition) is 4. The van der Waals surface area contributed by atoms with Gasteiger partial charge in [0.25, 0.3) is 0 Å². The van der Waals surface area contributed by atoms with E-state index in [-0.39, 0.29) is 5.78 Å². The molecule has 0 fully saturated rings. The molecular weight excluding hydrogens is 360 g/mol. The summed E-state index contributed by atoms with van der Waals surface area (Å²) in [6.45, 7) is 2.20. The number of rotatable bonds is 9. The number of aliphatic hydroxyl groups is 1. The fourth-order valence-electron chi connectivity index (χ4n) is 3.14. The minimum Gasteiger partial charge on any atom is -0.383 e. The quantitative estimate of drug-likeness (QED) is 0.350. The molecule has 136 valence electrons. The number of unbranched alkanes of at least 4 members (excludes halogenated alkanes) is 3. The predicted octanol–water partition coefficient (Wildman–Crippen LogP) is 6.25. The van der Waals surface area contributed by atoms with Gasteiger partial charge in [0.15, 0.2) is 0 Å². The second-order valence-electron chi connectivity index (χ2n) is 6.42. The van der Waals surface area contributed by atoms with Crippen molar-refractivity contribution >= 4 is 28.5 Å². The Bertz CT molecular complexity index is 833. The maximum Gasteiger partial charge on any atom is 0.203 e. The van der Waals surface area contributed by atoms with Crippen LogP contribution in [0.3, 0.4) is 0 Å². The maximum absolute atomic E-state index is 13.2. The normalized spacial score (nSPS) is 12.2. The summed E-state index contributed by atoms with van der Waals surface area (Å²) in [7, 11) is 0. The monoisotopic (exact) mass is 384 g/mol. The van der Waals surface area contributed by atoms with Crippen LogP contribution in [0.15, 0.2) is 53.2 Å². The van der Waals surface area contributed by atoms with E-state index in [1.54, 1.807) is 0 Å². The summed E-state index contributed by atoms with van der Waals surface area (Å²) < 4.78 is 0. The molecule has 0 spiro atoms. The van der Waals surface area contributed by atoms with Crippen molar-refractivity contribution in [3.05, 3.63) is 79.7 Å². The second kappa shape index (κ2) is 9.26. The lowest BCUT2D eigenvalue weighted by atomic mass is 9.95. The number of carbonyl (C=O) groups excluding carboxylic acids is 1. The molecule has 0 aliphatic heterocycles. The number of aliphatic hydroxyl groups excluding tert-OH is 1. The highest BCUT2D eigenvalue weighted by Crippen LogP contribution is 2.31. The van der Waals surface area contributed by atoms with Crippen LogP contribution in [0.1, 0.15) is 70.0 Å². The Morgan fingerprint density at radius 3 is 2.62 bits per heavy atom. The molecule has 0 saturated heterocycles. The molecule has 3 rings (SSSR count). The highest BCUT2D eigenvalue weighted by atomic mass is 32.1. The van der Waals surface area contributed by atoms with Crippen LogP contribution in [0.25, 0.3) is 0 Å². The van der Waals surface area contributed by atoms with Crippen LogP contribution in [-0.4, -0.2) is 10.9 Å². The topological polar surface area (TPSA) is 37.3 Å². The molecule has 1 N–H and O–H groups in total. The van der Waals surface area contributed by atoms with Crippen LogP contribution in [0.2, 0.25) is 0 Å². The van der Waals surface area contributed by atoms with Crippen molar-refractivity contribution in [1.29, 1.82) is 0 Å². The summed E-state index contributed by atoms with van der Waals surface area (Å²) in [5.41, 5.74) is 2.42. The standard InChI is InChI=1S/C22H24O2S2/c1-2-3-4-5-9-16-13-15-26-22(16)21(24)18-11-7-6-10-17(18)20(23)19-12-8-14-25-19/h6-8,10-15,20,23H,2-5,9H2,1H3. The van der Waals surface area contributed by atoms with Gasteiger partial charge in [-0.25, -0.2) is 0 Å². The first-order valence-corrected chi connectivity index (χ1v) is 10.9. The Morgan fingerprint density at radius 2 is 1.85 bits per heavy atom. The fourth-order valence-corrected chi connectivity index (χ4v) is 4.77. The number of carbonyl (C=O) groups is 1. The average Bonchev–Trinajstić information content (AvgIpc) is 3.36. The van der Waals surface area contributed by atoms with E-state index in [0.29, 0.717) is 11.1 Å². The van der Waals surface area contributed by atoms with E-state index in [2.05, 4.69) is 13.0 Å². The number of benzene rings is 1. The summed E-state index contributed by atoms with van der Waals surface area (Å²) in [5, 5.41) is 14.7. The van der Waals surface area contributed by atoms with Crippen LogP contribution in [0, 0.1) is 0 Å². The van der Waals surface area contributed by atoms with Gasteiger partial charge in [0.2, 0.25) is 5.78 Å². The zero-order valence-electron chi connectivity index (χ0n) is 15.0. The van der Waals surface area contributed by atoms with E-state index < -0.39 is 6.10 Å². The lowest BCUT2D eigenvalue weighted by Gasteiger charge is -2.14. The third-order valence-electron chi connectivity index (χ3n) is 4.57. The van der Waals surface area contributed by atoms with E-state index >= 15 is 0 Å². The lowest BCUT2D eigenvalue weighted by molar-refractivity contribution is 0.103. The highest BCUT2D eigenvalue weighted by molar-refractivity contribution is 7.12. The van der Waals surface area contributed by atoms with Crippen molar-refractivity contribution < 1.29 is 9.90 Å². The molecule has 1 aromatic carbocycles. The number of aryl methyl sites for hydroxylation is 1. The van der Waals surface area contributed by atoms with Crippen molar-refractivity contribution in [1.82, 2.24) is 0 Å². The molecule has 4 heteroatoms. The van der Waals surface area contributed by atoms with Crippen molar-refractivity contribution in [3.8, 4) is 0 Å². The average molecular weight is 385 g/mol. The van der Waals surface area contributed by atoms with Crippen LogP contribution >= 0.6 is 22.7 Å². The molecule has 2 heterocycles. The van der Waals surface area contributed by atoms with Crippen LogP contribution < -0.4 is 0 Å². The Labute approximate surface area is 163 Å². The summed E-state index contributed by atoms with van der Waals surface area (Å²) in [6, 6.07) is 13.3. The zero-order chi connectivity index (χ0) is 18.4. The van der Waals surface area contributed by atoms with Crippen molar-refractivity contribution in [2.75, 3.05) is 0 Å². The second-order valence-corrected chi connectivity index (χ2v) is 8.32. The molecule has 1 unspecified atom stereocenters. The maximum atomic E-state index is 13.2. The van der Waals surface area contributed by atoms with Crippen LogP contribution in [0.4, 0.5) is 0 Å². The Balaban J connectivity index is 1.84. The van der Waals surface area contributed by atoms with E-state index in [1.165, 1.54) is 41.9 Å². The summed E-state index contributed by atoms with van der Waals surface area (Å²) >= 11 is 3.01. The first-order chi connectivity index (χ1) is 12.7. The van der Waals surface area contributed by atoms with Crippen LogP contribution in [-0.2, 0) is 6.42 Å². The smallest absolute Gasteiger partial charge is 0.203 e. The first kappa shape index (κ1) is 19.0. The number of thiophene rings is 2. The molecule has 3 aromatic rings. The molecule has 0 aliphatic rings. The van der Waals surface area contributed by atoms with Gasteiger partial charge in [-0.3, -0.25) is 4.79 Å². The molecule has 26 heavy (non-hydrogen) atoms. The van der Waals surface area contributed by atoms with Crippen molar-refractivity contribution in [3.63, 3.8) is 0 Å². The Hall–Kier alpha value is -1.75. The fraction of sp³-hybridized carbons (Fsp3) is 0.318. The lowest BCUT2D eigenvalue weighted by Crippen LogP contribution is -2.09. The predicted molar refractivity (Wildman–Crippen MR) is 110 cm³/mol. The van der Waals surface area contributed by atoms with Gasteiger partial charge in [-0.15, -0.1) is 22.7 Å². The van der Waals surface area contributed by atoms with Gasteiger partial charge in [-0.2, -0.15) is 0 Å². The third kappa shape index (κ3) is 4.32. The van der Waals surface area contributed by atoms with Crippen molar-refractivity contribution in [2.45, 2.75) is 45.1 Å². The summed E-state index contributed by atoms with van der Waals surface area (Å²) in [5.74, 6) is 0.0247. The van der Waals surface area contributed by atoms with E-state index in [0.717, 1.165) is 28.2 Å². The molecule has 0 bridgehead atoms.